The largest absolute Gasteiger partial charge is 0.300 e. The van der Waals surface area contributed by atoms with E-state index in [4.69, 9.17) is 5.26 Å². The molecule has 0 radical (unpaired) electrons. The fourth-order valence-electron chi connectivity index (χ4n) is 2.49. The monoisotopic (exact) mass is 253 g/mol. The van der Waals surface area contributed by atoms with Crippen LogP contribution in [0.5, 0.6) is 0 Å². The number of carbonyl (C=O) groups excluding carboxylic acids is 1. The van der Waals surface area contributed by atoms with Gasteiger partial charge in [-0.05, 0) is 18.4 Å². The Balaban J connectivity index is 0.000000861. The van der Waals surface area contributed by atoms with Crippen molar-refractivity contribution in [2.75, 3.05) is 0 Å². The molecule has 1 saturated carbocycles. The van der Waals surface area contributed by atoms with Gasteiger partial charge < -0.3 is 0 Å². The maximum atomic E-state index is 11.4. The fraction of sp³-hybridized carbons (Fsp3) is 0.294. The lowest BCUT2D eigenvalue weighted by Crippen LogP contribution is -2.29. The summed E-state index contributed by atoms with van der Waals surface area (Å²) in [6.07, 6.45) is 6.37. The summed E-state index contributed by atoms with van der Waals surface area (Å²) in [5.74, 6) is 0.335. The molecule has 98 valence electrons. The number of allylic oxidation sites excluding steroid dienone is 2. The third-order valence-corrected chi connectivity index (χ3v) is 3.53. The lowest BCUT2D eigenvalue weighted by atomic mass is 9.69. The van der Waals surface area contributed by atoms with Gasteiger partial charge in [0.15, 0.2) is 0 Å². The first-order chi connectivity index (χ1) is 9.27. The van der Waals surface area contributed by atoms with Crippen molar-refractivity contribution in [3.8, 4) is 6.07 Å². The van der Waals surface area contributed by atoms with Gasteiger partial charge in [-0.25, -0.2) is 0 Å². The number of rotatable bonds is 2. The van der Waals surface area contributed by atoms with Crippen LogP contribution in [-0.2, 0) is 10.2 Å². The number of carbonyl (C=O) groups is 1. The minimum atomic E-state index is -0.120. The van der Waals surface area contributed by atoms with Crippen LogP contribution in [0.25, 0.3) is 0 Å². The average Bonchev–Trinajstić information content (AvgIpc) is 2.50. The molecule has 0 aromatic heterocycles. The van der Waals surface area contributed by atoms with Crippen LogP contribution in [0, 0.1) is 11.3 Å². The molecule has 0 spiro atoms. The van der Waals surface area contributed by atoms with Gasteiger partial charge in [-0.3, -0.25) is 4.79 Å². The second-order valence-corrected chi connectivity index (χ2v) is 4.52. The maximum absolute atomic E-state index is 11.4. The van der Waals surface area contributed by atoms with E-state index in [-0.39, 0.29) is 5.41 Å². The Morgan fingerprint density at radius 3 is 2.26 bits per heavy atom. The predicted molar refractivity (Wildman–Crippen MR) is 77.6 cm³/mol. The number of Topliss-reactive ketones (excluding diaryl/α,β-unsaturated/α-hetero) is 1. The molecule has 2 rings (SSSR count). The van der Waals surface area contributed by atoms with Crippen molar-refractivity contribution >= 4 is 5.78 Å². The molecule has 0 bridgehead atoms. The van der Waals surface area contributed by atoms with E-state index in [2.05, 4.69) is 31.4 Å². The Morgan fingerprint density at radius 1 is 1.16 bits per heavy atom. The molecule has 0 unspecified atom stereocenters. The highest BCUT2D eigenvalue weighted by Gasteiger charge is 2.33. The Kier molecular flexibility index (Phi) is 5.75. The van der Waals surface area contributed by atoms with Crippen molar-refractivity contribution in [3.05, 3.63) is 61.2 Å². The second-order valence-electron chi connectivity index (χ2n) is 4.52. The summed E-state index contributed by atoms with van der Waals surface area (Å²) in [7, 11) is 0. The minimum absolute atomic E-state index is 0.120. The van der Waals surface area contributed by atoms with Gasteiger partial charge in [-0.2, -0.15) is 5.26 Å². The van der Waals surface area contributed by atoms with Crippen LogP contribution in [-0.4, -0.2) is 5.78 Å². The number of ketones is 1. The van der Waals surface area contributed by atoms with Gasteiger partial charge in [0.05, 0.1) is 6.07 Å². The number of hydrogen-bond donors (Lipinski definition) is 0. The summed E-state index contributed by atoms with van der Waals surface area (Å²) in [4.78, 5) is 11.4. The van der Waals surface area contributed by atoms with Crippen molar-refractivity contribution in [1.29, 1.82) is 5.26 Å². The van der Waals surface area contributed by atoms with Gasteiger partial charge in [-0.1, -0.05) is 36.4 Å². The summed E-state index contributed by atoms with van der Waals surface area (Å²) < 4.78 is 0. The summed E-state index contributed by atoms with van der Waals surface area (Å²) in [6.45, 7) is 6.00. The molecule has 0 amide bonds. The smallest absolute Gasteiger partial charge is 0.133 e. The zero-order chi connectivity index (χ0) is 14.1. The van der Waals surface area contributed by atoms with Crippen molar-refractivity contribution in [1.82, 2.24) is 0 Å². The molecule has 0 aliphatic heterocycles. The van der Waals surface area contributed by atoms with Crippen molar-refractivity contribution in [3.63, 3.8) is 0 Å². The van der Waals surface area contributed by atoms with E-state index in [0.29, 0.717) is 18.6 Å². The van der Waals surface area contributed by atoms with E-state index in [9.17, 15) is 4.79 Å². The Labute approximate surface area is 115 Å². The highest BCUT2D eigenvalue weighted by molar-refractivity contribution is 5.79. The Bertz CT molecular complexity index is 472. The second kappa shape index (κ2) is 7.33. The molecular weight excluding hydrogens is 234 g/mol. The minimum Gasteiger partial charge on any atom is -0.300 e. The number of nitriles is 1. The summed E-state index contributed by atoms with van der Waals surface area (Å²) in [5, 5.41) is 8.71. The molecular formula is C17H19NO. The highest BCUT2D eigenvalue weighted by atomic mass is 16.1. The first-order valence-electron chi connectivity index (χ1n) is 6.41. The van der Waals surface area contributed by atoms with E-state index in [1.54, 1.807) is 6.08 Å². The van der Waals surface area contributed by atoms with Crippen LogP contribution in [0.4, 0.5) is 0 Å². The first-order valence-corrected chi connectivity index (χ1v) is 6.41. The summed E-state index contributed by atoms with van der Waals surface area (Å²) in [5.41, 5.74) is 1.09. The zero-order valence-electron chi connectivity index (χ0n) is 11.1. The Hall–Kier alpha value is -2.14. The van der Waals surface area contributed by atoms with Crippen LogP contribution < -0.4 is 0 Å². The van der Waals surface area contributed by atoms with Gasteiger partial charge in [0, 0.05) is 24.3 Å². The van der Waals surface area contributed by atoms with Crippen LogP contribution in [0.1, 0.15) is 31.2 Å². The third-order valence-electron chi connectivity index (χ3n) is 3.53. The quantitative estimate of drug-likeness (QED) is 0.591. The lowest BCUT2D eigenvalue weighted by Gasteiger charge is -2.34. The third kappa shape index (κ3) is 3.66. The predicted octanol–water partition coefficient (Wildman–Crippen LogP) is 3.95. The van der Waals surface area contributed by atoms with Gasteiger partial charge in [-0.15, -0.1) is 13.2 Å². The van der Waals surface area contributed by atoms with E-state index in [0.717, 1.165) is 12.8 Å². The highest BCUT2D eigenvalue weighted by Crippen LogP contribution is 2.39. The molecule has 0 heterocycles. The summed E-state index contributed by atoms with van der Waals surface area (Å²) in [6, 6.07) is 12.2. The standard InChI is InChI=1S/C15H15NO.C2H4/c16-12-4-9-15(10-7-14(17)8-11-15)13-5-2-1-3-6-13;1-2/h1-6,9H,7-8,10-11H2;1-2H2/b9-4+;. The van der Waals surface area contributed by atoms with Gasteiger partial charge in [0.25, 0.3) is 0 Å². The van der Waals surface area contributed by atoms with E-state index >= 15 is 0 Å². The number of nitrogens with zero attached hydrogens (tertiary/aromatic N) is 1. The average molecular weight is 253 g/mol. The molecule has 2 heteroatoms. The molecule has 0 atom stereocenters. The van der Waals surface area contributed by atoms with Crippen LogP contribution >= 0.6 is 0 Å². The van der Waals surface area contributed by atoms with Crippen molar-refractivity contribution in [2.24, 2.45) is 0 Å². The van der Waals surface area contributed by atoms with Gasteiger partial charge >= 0.3 is 0 Å². The van der Waals surface area contributed by atoms with Gasteiger partial charge in [0.1, 0.15) is 5.78 Å². The van der Waals surface area contributed by atoms with Crippen LogP contribution in [0.15, 0.2) is 55.6 Å². The topological polar surface area (TPSA) is 40.9 Å². The molecule has 1 aliphatic carbocycles. The van der Waals surface area contributed by atoms with Crippen LogP contribution in [0.3, 0.4) is 0 Å². The normalized spacial score (nSPS) is 17.3. The lowest BCUT2D eigenvalue weighted by molar-refractivity contribution is -0.121. The molecule has 1 fully saturated rings. The van der Waals surface area contributed by atoms with E-state index < -0.39 is 0 Å². The van der Waals surface area contributed by atoms with E-state index in [1.807, 2.05) is 24.3 Å². The first kappa shape index (κ1) is 14.9. The van der Waals surface area contributed by atoms with Crippen molar-refractivity contribution < 1.29 is 4.79 Å². The summed E-state index contributed by atoms with van der Waals surface area (Å²) >= 11 is 0. The van der Waals surface area contributed by atoms with E-state index in [1.165, 1.54) is 5.56 Å². The van der Waals surface area contributed by atoms with Gasteiger partial charge in [0.2, 0.25) is 0 Å². The molecule has 0 saturated heterocycles. The SMILES string of the molecule is C=C.N#C/C=C/C1(c2ccccc2)CCC(=O)CC1. The molecule has 19 heavy (non-hydrogen) atoms. The number of benzene rings is 1. The fourth-order valence-corrected chi connectivity index (χ4v) is 2.49. The molecule has 1 aromatic rings. The molecule has 1 aliphatic rings. The zero-order valence-corrected chi connectivity index (χ0v) is 11.1. The molecule has 1 aromatic carbocycles. The molecule has 2 nitrogen and oxygen atoms in total. The number of hydrogen-bond acceptors (Lipinski definition) is 2. The van der Waals surface area contributed by atoms with Crippen LogP contribution in [0.2, 0.25) is 0 Å². The Morgan fingerprint density at radius 2 is 1.74 bits per heavy atom. The van der Waals surface area contributed by atoms with Crippen molar-refractivity contribution in [2.45, 2.75) is 31.1 Å². The molecule has 0 N–H and O–H groups in total. The maximum Gasteiger partial charge on any atom is 0.133 e.